The number of hydrazine groups is 1. The molecule has 0 aliphatic carbocycles. The van der Waals surface area contributed by atoms with E-state index in [-0.39, 0.29) is 0 Å². The van der Waals surface area contributed by atoms with E-state index < -0.39 is 12.1 Å². The summed E-state index contributed by atoms with van der Waals surface area (Å²) in [6.45, 7) is 2.50. The van der Waals surface area contributed by atoms with E-state index in [9.17, 15) is 13.2 Å². The van der Waals surface area contributed by atoms with E-state index in [1.165, 1.54) is 32.4 Å². The Morgan fingerprint density at radius 3 is 2.47 bits per heavy atom. The van der Waals surface area contributed by atoms with Crippen molar-refractivity contribution in [1.82, 2.24) is 10.4 Å². The zero-order valence-corrected chi connectivity index (χ0v) is 8.05. The van der Waals surface area contributed by atoms with Gasteiger partial charge in [0.15, 0.2) is 0 Å². The summed E-state index contributed by atoms with van der Waals surface area (Å²) >= 11 is 0. The van der Waals surface area contributed by atoms with Crippen molar-refractivity contribution < 1.29 is 23.1 Å². The molecule has 1 atom stereocenters. The van der Waals surface area contributed by atoms with Crippen LogP contribution < -0.4 is 5.43 Å². The highest BCUT2D eigenvalue weighted by Gasteiger charge is 2.38. The summed E-state index contributed by atoms with van der Waals surface area (Å²) in [5, 5.41) is 9.51. The number of halogens is 3. The number of rotatable bonds is 0. The molecule has 2 saturated heterocycles. The van der Waals surface area contributed by atoms with Crippen molar-refractivity contribution in [1.29, 1.82) is 0 Å². The van der Waals surface area contributed by atoms with E-state index in [1.807, 2.05) is 0 Å². The van der Waals surface area contributed by atoms with Crippen molar-refractivity contribution in [2.75, 3.05) is 13.1 Å². The standard InChI is InChI=1S/C6H12N2.C2HF3O2/c1-2-6-3-4-7-8(6)5-1;3-2(4,5)1(6)7/h6-7H,1-5H2;(H,6,7). The second-order valence-corrected chi connectivity index (χ2v) is 3.49. The highest BCUT2D eigenvalue weighted by molar-refractivity contribution is 5.73. The van der Waals surface area contributed by atoms with Crippen LogP contribution in [0.4, 0.5) is 13.2 Å². The van der Waals surface area contributed by atoms with Crippen LogP contribution in [0.5, 0.6) is 0 Å². The topological polar surface area (TPSA) is 52.6 Å². The van der Waals surface area contributed by atoms with Crippen LogP contribution in [0.3, 0.4) is 0 Å². The van der Waals surface area contributed by atoms with Gasteiger partial charge < -0.3 is 5.11 Å². The van der Waals surface area contributed by atoms with Gasteiger partial charge in [-0.1, -0.05) is 0 Å². The van der Waals surface area contributed by atoms with Crippen molar-refractivity contribution in [2.45, 2.75) is 31.5 Å². The van der Waals surface area contributed by atoms with Crippen LogP contribution in [0.25, 0.3) is 0 Å². The lowest BCUT2D eigenvalue weighted by atomic mass is 10.2. The minimum absolute atomic E-state index is 0.898. The van der Waals surface area contributed by atoms with Gasteiger partial charge in [0.05, 0.1) is 0 Å². The number of nitrogens with one attached hydrogen (secondary N) is 1. The molecule has 2 heterocycles. The third kappa shape index (κ3) is 3.67. The second-order valence-electron chi connectivity index (χ2n) is 3.49. The third-order valence-corrected chi connectivity index (χ3v) is 2.41. The number of carboxylic acids is 1. The Bertz CT molecular complexity index is 212. The molecule has 2 aliphatic rings. The highest BCUT2D eigenvalue weighted by Crippen LogP contribution is 2.20. The van der Waals surface area contributed by atoms with Crippen LogP contribution in [-0.4, -0.2) is 41.4 Å². The molecule has 2 rings (SSSR count). The van der Waals surface area contributed by atoms with E-state index in [0.29, 0.717) is 0 Å². The number of fused-ring (bicyclic) bond motifs is 1. The Morgan fingerprint density at radius 2 is 2.00 bits per heavy atom. The lowest BCUT2D eigenvalue weighted by molar-refractivity contribution is -0.192. The van der Waals surface area contributed by atoms with E-state index >= 15 is 0 Å². The van der Waals surface area contributed by atoms with Gasteiger partial charge in [-0.2, -0.15) is 13.2 Å². The van der Waals surface area contributed by atoms with Gasteiger partial charge in [0, 0.05) is 19.1 Å². The maximum atomic E-state index is 10.6. The third-order valence-electron chi connectivity index (χ3n) is 2.41. The van der Waals surface area contributed by atoms with E-state index in [4.69, 9.17) is 9.90 Å². The summed E-state index contributed by atoms with van der Waals surface area (Å²) < 4.78 is 31.7. The molecule has 15 heavy (non-hydrogen) atoms. The summed E-state index contributed by atoms with van der Waals surface area (Å²) in [7, 11) is 0. The molecular weight excluding hydrogens is 213 g/mol. The molecule has 0 amide bonds. The van der Waals surface area contributed by atoms with E-state index in [0.717, 1.165) is 6.04 Å². The molecule has 88 valence electrons. The maximum absolute atomic E-state index is 10.6. The Morgan fingerprint density at radius 1 is 1.40 bits per heavy atom. The monoisotopic (exact) mass is 226 g/mol. The van der Waals surface area contributed by atoms with Crippen molar-refractivity contribution in [2.24, 2.45) is 0 Å². The van der Waals surface area contributed by atoms with Gasteiger partial charge in [0.25, 0.3) is 0 Å². The lowest BCUT2D eigenvalue weighted by Crippen LogP contribution is -2.31. The largest absolute Gasteiger partial charge is 0.490 e. The number of nitrogens with zero attached hydrogens (tertiary/aromatic N) is 1. The van der Waals surface area contributed by atoms with Gasteiger partial charge in [0.2, 0.25) is 0 Å². The van der Waals surface area contributed by atoms with E-state index in [2.05, 4.69) is 10.4 Å². The fourth-order valence-electron chi connectivity index (χ4n) is 1.72. The van der Waals surface area contributed by atoms with Crippen molar-refractivity contribution >= 4 is 5.97 Å². The van der Waals surface area contributed by atoms with Gasteiger partial charge in [-0.25, -0.2) is 9.80 Å². The second kappa shape index (κ2) is 4.80. The molecule has 7 heteroatoms. The van der Waals surface area contributed by atoms with Gasteiger partial charge >= 0.3 is 12.1 Å². The molecule has 0 aromatic rings. The fraction of sp³-hybridized carbons (Fsp3) is 0.875. The summed E-state index contributed by atoms with van der Waals surface area (Å²) in [6, 6.07) is 0.898. The van der Waals surface area contributed by atoms with Crippen molar-refractivity contribution in [3.8, 4) is 0 Å². The minimum atomic E-state index is -5.08. The van der Waals surface area contributed by atoms with Gasteiger partial charge in [0.1, 0.15) is 0 Å². The molecule has 0 bridgehead atoms. The Labute approximate surface area is 85.0 Å². The summed E-state index contributed by atoms with van der Waals surface area (Å²) in [5.74, 6) is -2.76. The van der Waals surface area contributed by atoms with Crippen LogP contribution in [0, 0.1) is 0 Å². The normalized spacial score (nSPS) is 25.7. The predicted molar refractivity (Wildman–Crippen MR) is 46.0 cm³/mol. The molecular formula is C8H13F3N2O2. The fourth-order valence-corrected chi connectivity index (χ4v) is 1.72. The van der Waals surface area contributed by atoms with Crippen molar-refractivity contribution in [3.05, 3.63) is 0 Å². The van der Waals surface area contributed by atoms with Crippen LogP contribution in [0.2, 0.25) is 0 Å². The number of hydrogen-bond donors (Lipinski definition) is 2. The molecule has 0 radical (unpaired) electrons. The van der Waals surface area contributed by atoms with Gasteiger partial charge in [-0.3, -0.25) is 5.43 Å². The molecule has 0 aromatic carbocycles. The first kappa shape index (κ1) is 12.3. The first-order valence-corrected chi connectivity index (χ1v) is 4.71. The zero-order chi connectivity index (χ0) is 11.5. The van der Waals surface area contributed by atoms with Crippen LogP contribution >= 0.6 is 0 Å². The summed E-state index contributed by atoms with van der Waals surface area (Å²) in [4.78, 5) is 8.90. The first-order valence-electron chi connectivity index (χ1n) is 4.71. The molecule has 2 N–H and O–H groups in total. The number of alkyl halides is 3. The van der Waals surface area contributed by atoms with E-state index in [1.54, 1.807) is 0 Å². The zero-order valence-electron chi connectivity index (χ0n) is 8.05. The average molecular weight is 226 g/mol. The Kier molecular flexibility index (Phi) is 3.92. The first-order chi connectivity index (χ1) is 6.91. The number of aliphatic carboxylic acids is 1. The molecule has 0 aromatic heterocycles. The van der Waals surface area contributed by atoms with Crippen LogP contribution in [0.1, 0.15) is 19.3 Å². The molecule has 2 fully saturated rings. The number of carbonyl (C=O) groups is 1. The average Bonchev–Trinajstić information content (AvgIpc) is 2.61. The minimum Gasteiger partial charge on any atom is -0.475 e. The van der Waals surface area contributed by atoms with Crippen molar-refractivity contribution in [3.63, 3.8) is 0 Å². The smallest absolute Gasteiger partial charge is 0.475 e. The Balaban J connectivity index is 0.000000153. The van der Waals surface area contributed by atoms with Crippen LogP contribution in [-0.2, 0) is 4.79 Å². The predicted octanol–water partition coefficient (Wildman–Crippen LogP) is 0.992. The highest BCUT2D eigenvalue weighted by atomic mass is 19.4. The number of carboxylic acid groups (broad SMARTS) is 1. The molecule has 0 spiro atoms. The van der Waals surface area contributed by atoms with Gasteiger partial charge in [-0.15, -0.1) is 0 Å². The molecule has 2 aliphatic heterocycles. The molecule has 0 saturated carbocycles. The lowest BCUT2D eigenvalue weighted by Gasteiger charge is -2.12. The number of hydrogen-bond acceptors (Lipinski definition) is 3. The summed E-state index contributed by atoms with van der Waals surface area (Å²) in [6.07, 6.45) is -0.884. The molecule has 4 nitrogen and oxygen atoms in total. The summed E-state index contributed by atoms with van der Waals surface area (Å²) in [5.41, 5.74) is 3.35. The SMILES string of the molecule is C1CC2CCNN2C1.O=C(O)C(F)(F)F. The maximum Gasteiger partial charge on any atom is 0.490 e. The Hall–Kier alpha value is -0.820. The molecule has 1 unspecified atom stereocenters. The van der Waals surface area contributed by atoms with Crippen LogP contribution in [0.15, 0.2) is 0 Å². The van der Waals surface area contributed by atoms with Gasteiger partial charge in [-0.05, 0) is 19.3 Å². The quantitative estimate of drug-likeness (QED) is 0.646.